The number of aromatic nitrogens is 1. The van der Waals surface area contributed by atoms with Crippen LogP contribution in [0.15, 0.2) is 179 Å². The van der Waals surface area contributed by atoms with Crippen LogP contribution in [0.25, 0.3) is 111 Å². The number of fused-ring (bicyclic) bond motifs is 12. The molecule has 0 radical (unpaired) electrons. The number of benzene rings is 8. The van der Waals surface area contributed by atoms with Crippen LogP contribution >= 0.6 is 0 Å². The maximum Gasteiger partial charge on any atom is 0.136 e. The largest absolute Gasteiger partial charge is 0.460 e. The summed E-state index contributed by atoms with van der Waals surface area (Å²) >= 11 is 0. The van der Waals surface area contributed by atoms with Crippen molar-refractivity contribution in [3.05, 3.63) is 192 Å². The zero-order valence-electron chi connectivity index (χ0n) is 33.4. The Labute approximate surface area is 347 Å². The number of allylic oxidation sites excluding steroid dienone is 1. The minimum absolute atomic E-state index is 0.0834. The first-order valence-electron chi connectivity index (χ1n) is 21.1. The molecule has 284 valence electrons. The standard InChI is InChI=1S/C57H39NO2/c1-57(2)47-21-9-6-16-39(47)40-28-26-35(33-48(40)57)34-27-29-49-44(30-34)46-32-36(38-19-12-24-52-54(38)42-17-7-10-22-50(42)59-52)31-45(56(46)58(49)37-14-4-3-5-15-37)41-20-13-25-53-55(41)43-18-8-11-23-51(43)60-53/h3-10,12-22,24-33H,11,23H2,1-2H3. The van der Waals surface area contributed by atoms with E-state index < -0.39 is 0 Å². The van der Waals surface area contributed by atoms with E-state index in [4.69, 9.17) is 8.83 Å². The van der Waals surface area contributed by atoms with E-state index in [-0.39, 0.29) is 5.41 Å². The minimum Gasteiger partial charge on any atom is -0.460 e. The quantitative estimate of drug-likeness (QED) is 0.178. The Hall–Kier alpha value is -7.36. The Kier molecular flexibility index (Phi) is 6.90. The van der Waals surface area contributed by atoms with E-state index >= 15 is 0 Å². The SMILES string of the molecule is CC1(C)c2ccccc2-c2ccc(-c3ccc4c(c3)c3cc(-c5cccc6oc7ccccc7c56)cc(-c5cccc6oc7c(c56)C=CCC7)c3n4-c3ccccc3)cc21. The molecular formula is C57H39NO2. The van der Waals surface area contributed by atoms with Crippen LogP contribution in [-0.2, 0) is 11.8 Å². The van der Waals surface area contributed by atoms with Crippen molar-refractivity contribution >= 4 is 60.8 Å². The van der Waals surface area contributed by atoms with E-state index in [2.05, 4.69) is 188 Å². The van der Waals surface area contributed by atoms with Crippen LogP contribution in [0.2, 0.25) is 0 Å². The van der Waals surface area contributed by atoms with Gasteiger partial charge in [0.25, 0.3) is 0 Å². The number of rotatable bonds is 4. The highest BCUT2D eigenvalue weighted by molar-refractivity contribution is 6.20. The second-order valence-electron chi connectivity index (χ2n) is 17.1. The van der Waals surface area contributed by atoms with Crippen molar-refractivity contribution in [2.24, 2.45) is 0 Å². The summed E-state index contributed by atoms with van der Waals surface area (Å²) in [5, 5.41) is 5.84. The monoisotopic (exact) mass is 769 g/mol. The molecule has 0 saturated heterocycles. The number of nitrogens with zero attached hydrogens (tertiary/aromatic N) is 1. The van der Waals surface area contributed by atoms with Gasteiger partial charge < -0.3 is 13.4 Å². The number of hydrogen-bond donors (Lipinski definition) is 0. The van der Waals surface area contributed by atoms with E-state index in [0.717, 1.165) is 62.9 Å². The van der Waals surface area contributed by atoms with Gasteiger partial charge in [0.05, 0.1) is 11.0 Å². The van der Waals surface area contributed by atoms with Crippen LogP contribution in [-0.4, -0.2) is 4.57 Å². The van der Waals surface area contributed by atoms with E-state index in [9.17, 15) is 0 Å². The fraction of sp³-hybridized carbons (Fsp3) is 0.0877. The summed E-state index contributed by atoms with van der Waals surface area (Å²) in [4.78, 5) is 0. The smallest absolute Gasteiger partial charge is 0.136 e. The first-order valence-corrected chi connectivity index (χ1v) is 21.1. The van der Waals surface area contributed by atoms with E-state index in [0.29, 0.717) is 0 Å². The molecule has 8 aromatic carbocycles. The lowest BCUT2D eigenvalue weighted by atomic mass is 9.81. The summed E-state index contributed by atoms with van der Waals surface area (Å²) in [7, 11) is 0. The average molecular weight is 770 g/mol. The molecule has 3 heteroatoms. The lowest BCUT2D eigenvalue weighted by Crippen LogP contribution is -2.14. The molecular weight excluding hydrogens is 731 g/mol. The normalized spacial score (nSPS) is 14.1. The Morgan fingerprint density at radius 2 is 1.18 bits per heavy atom. The summed E-state index contributed by atoms with van der Waals surface area (Å²) in [6, 6.07) is 60.2. The molecule has 13 rings (SSSR count). The van der Waals surface area contributed by atoms with E-state index in [1.165, 1.54) is 77.3 Å². The number of furan rings is 2. The van der Waals surface area contributed by atoms with Crippen molar-refractivity contribution < 1.29 is 8.83 Å². The summed E-state index contributed by atoms with van der Waals surface area (Å²) in [5.41, 5.74) is 19.8. The van der Waals surface area contributed by atoms with E-state index in [1.807, 2.05) is 6.07 Å². The first kappa shape index (κ1) is 33.6. The molecule has 0 fully saturated rings. The van der Waals surface area contributed by atoms with E-state index in [1.54, 1.807) is 0 Å². The molecule has 11 aromatic rings. The third-order valence-electron chi connectivity index (χ3n) is 13.4. The third-order valence-corrected chi connectivity index (χ3v) is 13.4. The fourth-order valence-corrected chi connectivity index (χ4v) is 10.7. The van der Waals surface area contributed by atoms with Crippen LogP contribution in [0, 0.1) is 0 Å². The highest BCUT2D eigenvalue weighted by atomic mass is 16.3. The van der Waals surface area contributed by atoms with Gasteiger partial charge in [-0.3, -0.25) is 0 Å². The van der Waals surface area contributed by atoms with Gasteiger partial charge in [-0.2, -0.15) is 0 Å². The van der Waals surface area contributed by atoms with Crippen LogP contribution in [0.1, 0.15) is 42.7 Å². The summed E-state index contributed by atoms with van der Waals surface area (Å²) in [6.07, 6.45) is 6.45. The Morgan fingerprint density at radius 1 is 0.483 bits per heavy atom. The maximum absolute atomic E-state index is 6.61. The van der Waals surface area contributed by atoms with Gasteiger partial charge in [0, 0.05) is 55.6 Å². The molecule has 0 aliphatic heterocycles. The zero-order chi connectivity index (χ0) is 39.7. The van der Waals surface area contributed by atoms with Crippen molar-refractivity contribution in [2.45, 2.75) is 32.1 Å². The highest BCUT2D eigenvalue weighted by Gasteiger charge is 2.35. The molecule has 2 aliphatic carbocycles. The molecule has 3 nitrogen and oxygen atoms in total. The average Bonchev–Trinajstić information content (AvgIpc) is 4.03. The maximum atomic E-state index is 6.61. The topological polar surface area (TPSA) is 31.2 Å². The molecule has 0 atom stereocenters. The highest BCUT2D eigenvalue weighted by Crippen LogP contribution is 2.51. The van der Waals surface area contributed by atoms with Gasteiger partial charge in [-0.25, -0.2) is 0 Å². The lowest BCUT2D eigenvalue weighted by molar-refractivity contribution is 0.546. The predicted molar refractivity (Wildman–Crippen MR) is 249 cm³/mol. The predicted octanol–water partition coefficient (Wildman–Crippen LogP) is 15.7. The number of hydrogen-bond acceptors (Lipinski definition) is 2. The summed E-state index contributed by atoms with van der Waals surface area (Å²) in [5.74, 6) is 1.07. The lowest BCUT2D eigenvalue weighted by Gasteiger charge is -2.22. The van der Waals surface area contributed by atoms with Crippen molar-refractivity contribution in [2.75, 3.05) is 0 Å². The molecule has 0 saturated carbocycles. The van der Waals surface area contributed by atoms with Gasteiger partial charge in [0.15, 0.2) is 0 Å². The summed E-state index contributed by atoms with van der Waals surface area (Å²) in [6.45, 7) is 4.72. The molecule has 0 amide bonds. The second kappa shape index (κ2) is 12.3. The molecule has 0 spiro atoms. The van der Waals surface area contributed by atoms with Gasteiger partial charge in [-0.05, 0) is 117 Å². The molecule has 2 aliphatic rings. The van der Waals surface area contributed by atoms with Crippen molar-refractivity contribution in [3.8, 4) is 50.2 Å². The fourth-order valence-electron chi connectivity index (χ4n) is 10.7. The Morgan fingerprint density at radius 3 is 2.08 bits per heavy atom. The number of aryl methyl sites for hydroxylation is 1. The molecule has 3 heterocycles. The molecule has 0 bridgehead atoms. The Balaban J connectivity index is 1.15. The first-order chi connectivity index (χ1) is 29.5. The van der Waals surface area contributed by atoms with Crippen LogP contribution < -0.4 is 0 Å². The van der Waals surface area contributed by atoms with Crippen LogP contribution in [0.3, 0.4) is 0 Å². The molecule has 0 unspecified atom stereocenters. The van der Waals surface area contributed by atoms with Gasteiger partial charge in [0.2, 0.25) is 0 Å². The second-order valence-corrected chi connectivity index (χ2v) is 17.1. The van der Waals surface area contributed by atoms with Gasteiger partial charge in [0.1, 0.15) is 22.5 Å². The van der Waals surface area contributed by atoms with Crippen LogP contribution in [0.5, 0.6) is 0 Å². The van der Waals surface area contributed by atoms with Gasteiger partial charge in [-0.15, -0.1) is 0 Å². The van der Waals surface area contributed by atoms with Gasteiger partial charge in [-0.1, -0.05) is 129 Å². The molecule has 0 N–H and O–H groups in total. The third kappa shape index (κ3) is 4.66. The Bertz CT molecular complexity index is 3630. The zero-order valence-corrected chi connectivity index (χ0v) is 33.4. The van der Waals surface area contributed by atoms with Crippen molar-refractivity contribution in [3.63, 3.8) is 0 Å². The molecule has 60 heavy (non-hydrogen) atoms. The van der Waals surface area contributed by atoms with Gasteiger partial charge >= 0.3 is 0 Å². The minimum atomic E-state index is -0.0834. The number of para-hydroxylation sites is 2. The van der Waals surface area contributed by atoms with Crippen molar-refractivity contribution in [1.82, 2.24) is 4.57 Å². The van der Waals surface area contributed by atoms with Crippen LogP contribution in [0.4, 0.5) is 0 Å². The summed E-state index contributed by atoms with van der Waals surface area (Å²) < 4.78 is 15.6. The van der Waals surface area contributed by atoms with Crippen molar-refractivity contribution in [1.29, 1.82) is 0 Å². The molecule has 3 aromatic heterocycles.